The molecule has 3 N–H and O–H groups in total. The highest BCUT2D eigenvalue weighted by molar-refractivity contribution is 6.05. The third kappa shape index (κ3) is 4.30. The summed E-state index contributed by atoms with van der Waals surface area (Å²) in [6, 6.07) is 16.9. The van der Waals surface area contributed by atoms with Gasteiger partial charge < -0.3 is 25.6 Å². The van der Waals surface area contributed by atoms with Crippen LogP contribution in [0.2, 0.25) is 0 Å². The number of ether oxygens (including phenoxy) is 1. The van der Waals surface area contributed by atoms with Gasteiger partial charge in [-0.15, -0.1) is 0 Å². The molecule has 3 heterocycles. The Balaban J connectivity index is 1.17. The molecule has 2 bridgehead atoms. The van der Waals surface area contributed by atoms with Crippen molar-refractivity contribution < 1.29 is 14.3 Å². The highest BCUT2D eigenvalue weighted by Gasteiger charge is 2.46. The van der Waals surface area contributed by atoms with Crippen molar-refractivity contribution >= 4 is 29.3 Å². The van der Waals surface area contributed by atoms with Crippen molar-refractivity contribution in [1.29, 1.82) is 0 Å². The van der Waals surface area contributed by atoms with Crippen LogP contribution in [0.15, 0.2) is 67.0 Å². The molecule has 0 aliphatic carbocycles. The van der Waals surface area contributed by atoms with Gasteiger partial charge in [0.25, 0.3) is 5.91 Å². The number of carbonyl (C=O) groups excluding carboxylic acids is 2. The second-order valence-electron chi connectivity index (χ2n) is 8.20. The van der Waals surface area contributed by atoms with Crippen LogP contribution in [0.5, 0.6) is 0 Å². The van der Waals surface area contributed by atoms with E-state index in [1.807, 2.05) is 30.3 Å². The topological polar surface area (TPSA) is 114 Å². The van der Waals surface area contributed by atoms with Gasteiger partial charge in [-0.2, -0.15) is 0 Å². The summed E-state index contributed by atoms with van der Waals surface area (Å²) in [5.74, 6) is 0.227. The van der Waals surface area contributed by atoms with E-state index in [0.29, 0.717) is 36.0 Å². The van der Waals surface area contributed by atoms with Gasteiger partial charge >= 0.3 is 6.09 Å². The van der Waals surface area contributed by atoms with Crippen molar-refractivity contribution in [2.75, 3.05) is 29.0 Å². The van der Waals surface area contributed by atoms with Crippen molar-refractivity contribution in [3.8, 4) is 0 Å². The number of hydrogen-bond acceptors (Lipinski definition) is 7. The Morgan fingerprint density at radius 2 is 1.73 bits per heavy atom. The molecule has 2 atom stereocenters. The predicted octanol–water partition coefficient (Wildman–Crippen LogP) is 2.91. The molecule has 0 radical (unpaired) electrons. The lowest BCUT2D eigenvalue weighted by atomic mass is 10.2. The summed E-state index contributed by atoms with van der Waals surface area (Å²) in [6.07, 6.45) is 3.57. The van der Waals surface area contributed by atoms with Crippen LogP contribution >= 0.6 is 0 Å². The molecule has 2 saturated heterocycles. The molecule has 168 valence electrons. The molecule has 9 heteroatoms. The Bertz CT molecular complexity index is 1150. The average molecular weight is 444 g/mol. The van der Waals surface area contributed by atoms with Crippen LogP contribution in [0.3, 0.4) is 0 Å². The SMILES string of the molecule is Nc1ccccc1NC(=O)c1cnc(N2CC3CC2CN3C(=O)OCc2ccccc2)nc1. The van der Waals surface area contributed by atoms with Crippen molar-refractivity contribution in [1.82, 2.24) is 14.9 Å². The Morgan fingerprint density at radius 1 is 1.00 bits per heavy atom. The fraction of sp³-hybridized carbons (Fsp3) is 0.250. The molecule has 3 aromatic rings. The van der Waals surface area contributed by atoms with E-state index in [4.69, 9.17) is 10.5 Å². The molecule has 2 aromatic carbocycles. The van der Waals surface area contributed by atoms with Gasteiger partial charge in [-0.05, 0) is 24.1 Å². The summed E-state index contributed by atoms with van der Waals surface area (Å²) >= 11 is 0. The number of para-hydroxylation sites is 2. The largest absolute Gasteiger partial charge is 0.445 e. The first-order chi connectivity index (χ1) is 16.1. The lowest BCUT2D eigenvalue weighted by molar-refractivity contribution is 0.0897. The van der Waals surface area contributed by atoms with Gasteiger partial charge in [0.2, 0.25) is 5.95 Å². The zero-order valence-electron chi connectivity index (χ0n) is 17.9. The minimum Gasteiger partial charge on any atom is -0.445 e. The number of amides is 2. The van der Waals surface area contributed by atoms with Crippen LogP contribution in [0.25, 0.3) is 0 Å². The van der Waals surface area contributed by atoms with Gasteiger partial charge in [0.15, 0.2) is 0 Å². The van der Waals surface area contributed by atoms with E-state index in [0.717, 1.165) is 12.0 Å². The Kier molecular flexibility index (Phi) is 5.52. The van der Waals surface area contributed by atoms with Crippen LogP contribution in [0, 0.1) is 0 Å². The van der Waals surface area contributed by atoms with E-state index < -0.39 is 0 Å². The lowest BCUT2D eigenvalue weighted by Crippen LogP contribution is -2.49. The zero-order chi connectivity index (χ0) is 22.8. The molecular weight excluding hydrogens is 420 g/mol. The number of nitrogens with zero attached hydrogens (tertiary/aromatic N) is 4. The van der Waals surface area contributed by atoms with Gasteiger partial charge in [0.1, 0.15) is 6.61 Å². The Morgan fingerprint density at radius 3 is 2.42 bits per heavy atom. The fourth-order valence-corrected chi connectivity index (χ4v) is 4.33. The Hall–Kier alpha value is -4.14. The number of piperazine rings is 1. The number of nitrogens with one attached hydrogen (secondary N) is 1. The van der Waals surface area contributed by atoms with Crippen LogP contribution in [-0.4, -0.2) is 52.0 Å². The maximum absolute atomic E-state index is 12.5. The molecule has 0 spiro atoms. The van der Waals surface area contributed by atoms with Gasteiger partial charge in [-0.1, -0.05) is 42.5 Å². The van der Waals surface area contributed by atoms with Crippen molar-refractivity contribution in [2.45, 2.75) is 25.1 Å². The Labute approximate surface area is 191 Å². The number of rotatable bonds is 5. The minimum atomic E-state index is -0.324. The number of nitrogens with two attached hydrogens (primary N) is 1. The van der Waals surface area contributed by atoms with Crippen molar-refractivity contribution in [3.63, 3.8) is 0 Å². The smallest absolute Gasteiger partial charge is 0.410 e. The molecule has 2 aliphatic heterocycles. The number of likely N-dealkylation sites (tertiary alicyclic amines) is 1. The minimum absolute atomic E-state index is 0.0610. The maximum atomic E-state index is 12.5. The first-order valence-electron chi connectivity index (χ1n) is 10.8. The monoisotopic (exact) mass is 444 g/mol. The molecule has 1 aromatic heterocycles. The van der Waals surface area contributed by atoms with Crippen molar-refractivity contribution in [3.05, 3.63) is 78.1 Å². The third-order valence-electron chi connectivity index (χ3n) is 6.05. The number of hydrogen-bond donors (Lipinski definition) is 2. The summed E-state index contributed by atoms with van der Waals surface area (Å²) in [5, 5.41) is 2.77. The number of carbonyl (C=O) groups is 2. The average Bonchev–Trinajstić information content (AvgIpc) is 3.46. The number of aromatic nitrogens is 2. The summed E-state index contributed by atoms with van der Waals surface area (Å²) in [4.78, 5) is 37.7. The standard InChI is InChI=1S/C24H24N6O3/c25-20-8-4-5-9-21(20)28-22(31)17-11-26-23(27-12-17)29-13-19-10-18(29)14-30(19)24(32)33-15-16-6-2-1-3-7-16/h1-9,11-12,18-19H,10,13-15,25H2,(H,28,31). The second kappa shape index (κ2) is 8.78. The molecule has 2 amide bonds. The predicted molar refractivity (Wildman–Crippen MR) is 124 cm³/mol. The molecule has 2 aliphatic rings. The number of nitrogen functional groups attached to an aromatic ring is 1. The molecule has 5 rings (SSSR count). The number of anilines is 3. The van der Waals surface area contributed by atoms with Crippen LogP contribution < -0.4 is 16.0 Å². The molecule has 9 nitrogen and oxygen atoms in total. The van der Waals surface area contributed by atoms with E-state index in [-0.39, 0.29) is 30.7 Å². The zero-order valence-corrected chi connectivity index (χ0v) is 17.9. The molecular formula is C24H24N6O3. The quantitative estimate of drug-likeness (QED) is 0.582. The normalized spacial score (nSPS) is 18.9. The maximum Gasteiger partial charge on any atom is 0.410 e. The summed E-state index contributed by atoms with van der Waals surface area (Å²) in [5.41, 5.74) is 8.22. The first-order valence-corrected chi connectivity index (χ1v) is 10.8. The highest BCUT2D eigenvalue weighted by atomic mass is 16.6. The van der Waals surface area contributed by atoms with E-state index in [9.17, 15) is 9.59 Å². The van der Waals surface area contributed by atoms with Crippen LogP contribution in [-0.2, 0) is 11.3 Å². The third-order valence-corrected chi connectivity index (χ3v) is 6.05. The summed E-state index contributed by atoms with van der Waals surface area (Å²) in [7, 11) is 0. The van der Waals surface area contributed by atoms with Gasteiger partial charge in [-0.25, -0.2) is 14.8 Å². The van der Waals surface area contributed by atoms with Crippen LogP contribution in [0.4, 0.5) is 22.1 Å². The lowest BCUT2D eigenvalue weighted by Gasteiger charge is -2.33. The first kappa shape index (κ1) is 20.7. The van der Waals surface area contributed by atoms with Crippen molar-refractivity contribution in [2.24, 2.45) is 0 Å². The van der Waals surface area contributed by atoms with E-state index in [1.165, 1.54) is 12.4 Å². The van der Waals surface area contributed by atoms with E-state index >= 15 is 0 Å². The summed E-state index contributed by atoms with van der Waals surface area (Å²) in [6.45, 7) is 1.47. The molecule has 2 fully saturated rings. The van der Waals surface area contributed by atoms with E-state index in [2.05, 4.69) is 20.2 Å². The second-order valence-corrected chi connectivity index (χ2v) is 8.20. The van der Waals surface area contributed by atoms with Crippen LogP contribution in [0.1, 0.15) is 22.3 Å². The van der Waals surface area contributed by atoms with Gasteiger partial charge in [-0.3, -0.25) is 4.79 Å². The van der Waals surface area contributed by atoms with Gasteiger partial charge in [0, 0.05) is 25.5 Å². The molecule has 2 unspecified atom stereocenters. The number of benzene rings is 2. The van der Waals surface area contributed by atoms with Gasteiger partial charge in [0.05, 0.1) is 29.0 Å². The number of fused-ring (bicyclic) bond motifs is 2. The highest BCUT2D eigenvalue weighted by Crippen LogP contribution is 2.33. The molecule has 33 heavy (non-hydrogen) atoms. The fourth-order valence-electron chi connectivity index (χ4n) is 4.33. The summed E-state index contributed by atoms with van der Waals surface area (Å²) < 4.78 is 5.49. The van der Waals surface area contributed by atoms with E-state index in [1.54, 1.807) is 29.2 Å². The molecule has 0 saturated carbocycles.